The molecule has 0 aliphatic carbocycles. The molecule has 3 aromatic carbocycles. The maximum absolute atomic E-state index is 13.5. The van der Waals surface area contributed by atoms with Crippen LogP contribution in [0.25, 0.3) is 16.6 Å². The third-order valence-corrected chi connectivity index (χ3v) is 6.85. The maximum atomic E-state index is 13.5. The number of fused-ring (bicyclic) bond motifs is 1. The van der Waals surface area contributed by atoms with Gasteiger partial charge in [0.1, 0.15) is 0 Å². The van der Waals surface area contributed by atoms with Gasteiger partial charge in [0.25, 0.3) is 5.56 Å². The van der Waals surface area contributed by atoms with Gasteiger partial charge < -0.3 is 14.8 Å². The van der Waals surface area contributed by atoms with Gasteiger partial charge >= 0.3 is 0 Å². The first-order valence-electron chi connectivity index (χ1n) is 11.1. The Balaban J connectivity index is 1.69. The Morgan fingerprint density at radius 2 is 1.71 bits per heavy atom. The molecule has 0 saturated carbocycles. The molecule has 1 amide bonds. The SMILES string of the molecule is COc1ccc(NC(=O)C(C)Sc2nc3ccccc3c(=O)n2-c2ccc(C)c(C)c2)cc1OC. The first-order valence-corrected chi connectivity index (χ1v) is 12.0. The second-order valence-corrected chi connectivity index (χ2v) is 9.45. The molecule has 1 heterocycles. The van der Waals surface area contributed by atoms with Crippen LogP contribution in [0, 0.1) is 13.8 Å². The van der Waals surface area contributed by atoms with Gasteiger partial charge in [-0.05, 0) is 68.3 Å². The molecule has 180 valence electrons. The van der Waals surface area contributed by atoms with Crippen LogP contribution in [-0.2, 0) is 4.79 Å². The number of aromatic nitrogens is 2. The lowest BCUT2D eigenvalue weighted by Crippen LogP contribution is -2.26. The lowest BCUT2D eigenvalue weighted by atomic mass is 10.1. The number of para-hydroxylation sites is 1. The molecule has 1 N–H and O–H groups in total. The number of thioether (sulfide) groups is 1. The van der Waals surface area contributed by atoms with Crippen molar-refractivity contribution in [2.75, 3.05) is 19.5 Å². The third kappa shape index (κ3) is 5.02. The topological polar surface area (TPSA) is 82.5 Å². The van der Waals surface area contributed by atoms with Crippen molar-refractivity contribution in [3.05, 3.63) is 82.1 Å². The van der Waals surface area contributed by atoms with E-state index >= 15 is 0 Å². The summed E-state index contributed by atoms with van der Waals surface area (Å²) in [6.45, 7) is 5.81. The summed E-state index contributed by atoms with van der Waals surface area (Å²) in [5.41, 5.74) is 3.91. The second kappa shape index (κ2) is 10.2. The van der Waals surface area contributed by atoms with E-state index in [-0.39, 0.29) is 11.5 Å². The first kappa shape index (κ1) is 24.3. The fourth-order valence-electron chi connectivity index (χ4n) is 3.65. The van der Waals surface area contributed by atoms with E-state index in [9.17, 15) is 9.59 Å². The number of rotatable bonds is 7. The highest BCUT2D eigenvalue weighted by molar-refractivity contribution is 8.00. The van der Waals surface area contributed by atoms with Crippen molar-refractivity contribution in [2.24, 2.45) is 0 Å². The van der Waals surface area contributed by atoms with Crippen molar-refractivity contribution in [3.8, 4) is 17.2 Å². The van der Waals surface area contributed by atoms with Crippen molar-refractivity contribution in [2.45, 2.75) is 31.2 Å². The summed E-state index contributed by atoms with van der Waals surface area (Å²) in [4.78, 5) is 31.3. The zero-order chi connectivity index (χ0) is 25.1. The molecule has 0 aliphatic heterocycles. The molecule has 0 aliphatic rings. The van der Waals surface area contributed by atoms with Crippen LogP contribution in [0.4, 0.5) is 5.69 Å². The van der Waals surface area contributed by atoms with Crippen molar-refractivity contribution >= 4 is 34.3 Å². The van der Waals surface area contributed by atoms with Crippen LogP contribution in [-0.4, -0.2) is 34.9 Å². The van der Waals surface area contributed by atoms with Crippen molar-refractivity contribution in [3.63, 3.8) is 0 Å². The summed E-state index contributed by atoms with van der Waals surface area (Å²) in [6.07, 6.45) is 0. The summed E-state index contributed by atoms with van der Waals surface area (Å²) in [7, 11) is 3.10. The number of carbonyl (C=O) groups excluding carboxylic acids is 1. The van der Waals surface area contributed by atoms with Crippen LogP contribution in [0.3, 0.4) is 0 Å². The molecule has 7 nitrogen and oxygen atoms in total. The molecule has 0 spiro atoms. The smallest absolute Gasteiger partial charge is 0.266 e. The summed E-state index contributed by atoms with van der Waals surface area (Å²) in [5.74, 6) is 0.868. The molecular formula is C27H27N3O4S. The largest absolute Gasteiger partial charge is 0.493 e. The summed E-state index contributed by atoms with van der Waals surface area (Å²) in [5, 5.41) is 3.35. The Morgan fingerprint density at radius 1 is 0.971 bits per heavy atom. The third-order valence-electron chi connectivity index (χ3n) is 5.80. The Kier molecular flexibility index (Phi) is 7.12. The molecule has 0 radical (unpaired) electrons. The molecule has 1 atom stereocenters. The van der Waals surface area contributed by atoms with Crippen LogP contribution >= 0.6 is 11.8 Å². The van der Waals surface area contributed by atoms with Crippen LogP contribution in [0.5, 0.6) is 11.5 Å². The van der Waals surface area contributed by atoms with Crippen molar-refractivity contribution < 1.29 is 14.3 Å². The number of hydrogen-bond donors (Lipinski definition) is 1. The van der Waals surface area contributed by atoms with Gasteiger partial charge in [-0.1, -0.05) is 30.0 Å². The summed E-state index contributed by atoms with van der Waals surface area (Å²) in [6, 6.07) is 18.3. The molecule has 0 bridgehead atoms. The van der Waals surface area contributed by atoms with Crippen LogP contribution in [0.15, 0.2) is 70.6 Å². The molecular weight excluding hydrogens is 462 g/mol. The van der Waals surface area contributed by atoms with E-state index in [1.807, 2.05) is 44.2 Å². The van der Waals surface area contributed by atoms with E-state index in [0.717, 1.165) is 11.1 Å². The Hall–Kier alpha value is -3.78. The number of aryl methyl sites for hydroxylation is 2. The molecule has 4 rings (SSSR count). The molecule has 35 heavy (non-hydrogen) atoms. The second-order valence-electron chi connectivity index (χ2n) is 8.14. The molecule has 4 aromatic rings. The Bertz CT molecular complexity index is 1470. The van der Waals surface area contributed by atoms with E-state index in [0.29, 0.717) is 38.9 Å². The summed E-state index contributed by atoms with van der Waals surface area (Å²) < 4.78 is 12.2. The number of nitrogens with one attached hydrogen (secondary N) is 1. The minimum absolute atomic E-state index is 0.172. The number of nitrogens with zero attached hydrogens (tertiary/aromatic N) is 2. The zero-order valence-corrected chi connectivity index (χ0v) is 21.1. The highest BCUT2D eigenvalue weighted by Crippen LogP contribution is 2.31. The van der Waals surface area contributed by atoms with E-state index in [1.54, 1.807) is 56.0 Å². The van der Waals surface area contributed by atoms with Crippen molar-refractivity contribution in [1.82, 2.24) is 9.55 Å². The van der Waals surface area contributed by atoms with E-state index < -0.39 is 5.25 Å². The highest BCUT2D eigenvalue weighted by atomic mass is 32.2. The molecule has 1 aromatic heterocycles. The van der Waals surface area contributed by atoms with Crippen molar-refractivity contribution in [1.29, 1.82) is 0 Å². The van der Waals surface area contributed by atoms with Gasteiger partial charge in [-0.2, -0.15) is 0 Å². The van der Waals surface area contributed by atoms with Gasteiger partial charge in [0.2, 0.25) is 5.91 Å². The zero-order valence-electron chi connectivity index (χ0n) is 20.3. The normalized spacial score (nSPS) is 11.8. The highest BCUT2D eigenvalue weighted by Gasteiger charge is 2.21. The van der Waals surface area contributed by atoms with Gasteiger partial charge in [-0.3, -0.25) is 14.2 Å². The minimum Gasteiger partial charge on any atom is -0.493 e. The number of methoxy groups -OCH3 is 2. The lowest BCUT2D eigenvalue weighted by Gasteiger charge is -2.17. The first-order chi connectivity index (χ1) is 16.8. The monoisotopic (exact) mass is 489 g/mol. The Morgan fingerprint density at radius 3 is 2.43 bits per heavy atom. The number of benzene rings is 3. The standard InChI is InChI=1S/C27H27N3O4S/c1-16-10-12-20(14-17(16)2)30-26(32)21-8-6-7-9-22(21)29-27(30)35-18(3)25(31)28-19-11-13-23(33-4)24(15-19)34-5/h6-15,18H,1-5H3,(H,28,31). The van der Waals surface area contributed by atoms with E-state index in [2.05, 4.69) is 5.32 Å². The number of amides is 1. The number of ether oxygens (including phenoxy) is 2. The van der Waals surface area contributed by atoms with Crippen LogP contribution in [0.1, 0.15) is 18.1 Å². The van der Waals surface area contributed by atoms with Gasteiger partial charge in [0.05, 0.1) is 36.1 Å². The molecule has 1 unspecified atom stereocenters. The molecule has 8 heteroatoms. The quantitative estimate of drug-likeness (QED) is 0.286. The average molecular weight is 490 g/mol. The number of anilines is 1. The van der Waals surface area contributed by atoms with E-state index in [4.69, 9.17) is 14.5 Å². The van der Waals surface area contributed by atoms with Gasteiger partial charge in [0, 0.05) is 11.8 Å². The summed E-state index contributed by atoms with van der Waals surface area (Å²) >= 11 is 1.23. The van der Waals surface area contributed by atoms with Gasteiger partial charge in [-0.15, -0.1) is 0 Å². The fourth-order valence-corrected chi connectivity index (χ4v) is 4.58. The molecule has 0 fully saturated rings. The maximum Gasteiger partial charge on any atom is 0.266 e. The average Bonchev–Trinajstić information content (AvgIpc) is 2.86. The predicted octanol–water partition coefficient (Wildman–Crippen LogP) is 5.14. The number of carbonyl (C=O) groups is 1. The van der Waals surface area contributed by atoms with Crippen LogP contribution < -0.4 is 20.3 Å². The van der Waals surface area contributed by atoms with Crippen LogP contribution in [0.2, 0.25) is 0 Å². The Labute approximate surface area is 208 Å². The molecule has 0 saturated heterocycles. The lowest BCUT2D eigenvalue weighted by molar-refractivity contribution is -0.115. The van der Waals surface area contributed by atoms with Gasteiger partial charge in [-0.25, -0.2) is 4.98 Å². The van der Waals surface area contributed by atoms with E-state index in [1.165, 1.54) is 11.8 Å². The predicted molar refractivity (Wildman–Crippen MR) is 140 cm³/mol. The number of hydrogen-bond acceptors (Lipinski definition) is 6. The minimum atomic E-state index is -0.533. The fraction of sp³-hybridized carbons (Fsp3) is 0.222. The van der Waals surface area contributed by atoms with Gasteiger partial charge in [0.15, 0.2) is 16.7 Å².